The van der Waals surface area contributed by atoms with Gasteiger partial charge in [-0.25, -0.2) is 4.98 Å². The van der Waals surface area contributed by atoms with E-state index in [9.17, 15) is 4.79 Å². The van der Waals surface area contributed by atoms with Gasteiger partial charge in [-0.3, -0.25) is 4.79 Å². The third kappa shape index (κ3) is 4.77. The van der Waals surface area contributed by atoms with E-state index in [4.69, 9.17) is 21.1 Å². The third-order valence-electron chi connectivity index (χ3n) is 4.87. The van der Waals surface area contributed by atoms with Crippen LogP contribution < -0.4 is 14.8 Å². The summed E-state index contributed by atoms with van der Waals surface area (Å²) in [6, 6.07) is 13.3. The number of halogens is 1. The Morgan fingerprint density at radius 2 is 1.97 bits per heavy atom. The summed E-state index contributed by atoms with van der Waals surface area (Å²) in [5.41, 5.74) is 2.70. The number of hydrogen-bond acceptors (Lipinski definition) is 5. The highest BCUT2D eigenvalue weighted by molar-refractivity contribution is 7.13. The molecule has 156 valence electrons. The maximum absolute atomic E-state index is 12.8. The van der Waals surface area contributed by atoms with Gasteiger partial charge >= 0.3 is 0 Å². The number of fused-ring (bicyclic) bond motifs is 1. The van der Waals surface area contributed by atoms with Crippen molar-refractivity contribution >= 4 is 28.8 Å². The second kappa shape index (κ2) is 9.06. The van der Waals surface area contributed by atoms with Crippen LogP contribution in [-0.4, -0.2) is 24.1 Å². The van der Waals surface area contributed by atoms with E-state index in [-0.39, 0.29) is 24.3 Å². The Morgan fingerprint density at radius 3 is 2.73 bits per heavy atom. The smallest absolute Gasteiger partial charge is 0.226 e. The maximum Gasteiger partial charge on any atom is 0.226 e. The summed E-state index contributed by atoms with van der Waals surface area (Å²) < 4.78 is 11.3. The van der Waals surface area contributed by atoms with Gasteiger partial charge in [-0.1, -0.05) is 43.6 Å². The lowest BCUT2D eigenvalue weighted by Crippen LogP contribution is -2.33. The monoisotopic (exact) mass is 442 g/mol. The third-order valence-corrected chi connectivity index (χ3v) is 6.05. The normalized spacial score (nSPS) is 13.9. The molecule has 0 saturated heterocycles. The zero-order valence-electron chi connectivity index (χ0n) is 16.9. The second-order valence-corrected chi connectivity index (χ2v) is 8.82. The minimum Gasteiger partial charge on any atom is -0.486 e. The average molecular weight is 443 g/mol. The van der Waals surface area contributed by atoms with Crippen molar-refractivity contribution in [3.05, 3.63) is 64.1 Å². The Hall–Kier alpha value is -2.57. The van der Waals surface area contributed by atoms with Crippen molar-refractivity contribution in [1.82, 2.24) is 10.3 Å². The van der Waals surface area contributed by atoms with Gasteiger partial charge in [0.25, 0.3) is 0 Å². The molecule has 1 aromatic heterocycles. The van der Waals surface area contributed by atoms with Gasteiger partial charge in [-0.2, -0.15) is 0 Å². The van der Waals surface area contributed by atoms with E-state index < -0.39 is 0 Å². The number of carbonyl (C=O) groups is 1. The molecule has 30 heavy (non-hydrogen) atoms. The van der Waals surface area contributed by atoms with Crippen molar-refractivity contribution in [1.29, 1.82) is 0 Å². The summed E-state index contributed by atoms with van der Waals surface area (Å²) >= 11 is 7.58. The average Bonchev–Trinajstić information content (AvgIpc) is 3.20. The SMILES string of the molecule is CC(C)C(NC(=O)Cc1csc(-c2cccc(Cl)c2)n1)c1ccc2c(c1)OCCO2. The summed E-state index contributed by atoms with van der Waals surface area (Å²) in [5.74, 6) is 1.62. The van der Waals surface area contributed by atoms with Crippen molar-refractivity contribution in [3.8, 4) is 22.1 Å². The van der Waals surface area contributed by atoms with Crippen LogP contribution in [0.25, 0.3) is 10.6 Å². The lowest BCUT2D eigenvalue weighted by atomic mass is 9.95. The fraction of sp³-hybridized carbons (Fsp3) is 0.304. The molecule has 0 saturated carbocycles. The number of benzene rings is 2. The second-order valence-electron chi connectivity index (χ2n) is 7.52. The molecule has 5 nitrogen and oxygen atoms in total. The molecule has 1 N–H and O–H groups in total. The van der Waals surface area contributed by atoms with Crippen LogP contribution in [0.3, 0.4) is 0 Å². The number of amides is 1. The number of ether oxygens (including phenoxy) is 2. The molecule has 1 aliphatic heterocycles. The number of carbonyl (C=O) groups excluding carboxylic acids is 1. The number of nitrogens with one attached hydrogen (secondary N) is 1. The van der Waals surface area contributed by atoms with Gasteiger partial charge in [0.05, 0.1) is 18.2 Å². The summed E-state index contributed by atoms with van der Waals surface area (Å²) in [7, 11) is 0. The predicted octanol–water partition coefficient (Wildman–Crippen LogP) is 5.29. The first-order valence-electron chi connectivity index (χ1n) is 9.89. The molecule has 1 atom stereocenters. The number of hydrogen-bond donors (Lipinski definition) is 1. The van der Waals surface area contributed by atoms with E-state index >= 15 is 0 Å². The Kier molecular flexibility index (Phi) is 6.25. The highest BCUT2D eigenvalue weighted by Crippen LogP contribution is 2.34. The van der Waals surface area contributed by atoms with Crippen LogP contribution in [0.4, 0.5) is 0 Å². The van der Waals surface area contributed by atoms with Gasteiger partial charge in [0.1, 0.15) is 18.2 Å². The van der Waals surface area contributed by atoms with Gasteiger partial charge in [0.15, 0.2) is 11.5 Å². The summed E-state index contributed by atoms with van der Waals surface area (Å²) in [6.07, 6.45) is 0.227. The maximum atomic E-state index is 12.8. The number of thiazole rings is 1. The summed E-state index contributed by atoms with van der Waals surface area (Å²) in [4.78, 5) is 17.4. The minimum absolute atomic E-state index is 0.0634. The van der Waals surface area contributed by atoms with E-state index in [1.165, 1.54) is 11.3 Å². The van der Waals surface area contributed by atoms with Gasteiger partial charge in [0.2, 0.25) is 5.91 Å². The first kappa shape index (κ1) is 20.7. The Balaban J connectivity index is 1.45. The topological polar surface area (TPSA) is 60.5 Å². The van der Waals surface area contributed by atoms with Crippen LogP contribution in [0.1, 0.15) is 31.1 Å². The Morgan fingerprint density at radius 1 is 1.17 bits per heavy atom. The standard InChI is InChI=1S/C23H23ClN2O3S/c1-14(2)22(15-6-7-19-20(11-15)29-9-8-28-19)26-21(27)12-18-13-30-23(25-18)16-4-3-5-17(24)10-16/h3-7,10-11,13-14,22H,8-9,12H2,1-2H3,(H,26,27). The van der Waals surface area contributed by atoms with E-state index in [2.05, 4.69) is 24.1 Å². The van der Waals surface area contributed by atoms with Crippen molar-refractivity contribution in [2.24, 2.45) is 5.92 Å². The van der Waals surface area contributed by atoms with Gasteiger partial charge in [-0.15, -0.1) is 11.3 Å². The largest absolute Gasteiger partial charge is 0.486 e. The molecule has 0 spiro atoms. The van der Waals surface area contributed by atoms with Crippen LogP contribution in [0, 0.1) is 5.92 Å². The molecule has 1 aliphatic rings. The van der Waals surface area contributed by atoms with E-state index in [1.807, 2.05) is 47.8 Å². The fourth-order valence-corrected chi connectivity index (χ4v) is 4.43. The summed E-state index contributed by atoms with van der Waals surface area (Å²) in [5, 5.41) is 6.60. The van der Waals surface area contributed by atoms with Gasteiger partial charge < -0.3 is 14.8 Å². The van der Waals surface area contributed by atoms with Crippen molar-refractivity contribution in [2.75, 3.05) is 13.2 Å². The quantitative estimate of drug-likeness (QED) is 0.563. The van der Waals surface area contributed by atoms with E-state index in [0.29, 0.717) is 18.2 Å². The highest BCUT2D eigenvalue weighted by Gasteiger charge is 2.22. The zero-order chi connectivity index (χ0) is 21.1. The fourth-order valence-electron chi connectivity index (χ4n) is 3.42. The molecule has 0 fully saturated rings. The van der Waals surface area contributed by atoms with Crippen molar-refractivity contribution in [2.45, 2.75) is 26.3 Å². The highest BCUT2D eigenvalue weighted by atomic mass is 35.5. The van der Waals surface area contributed by atoms with Crippen LogP contribution in [0.2, 0.25) is 5.02 Å². The van der Waals surface area contributed by atoms with Crippen molar-refractivity contribution < 1.29 is 14.3 Å². The number of aromatic nitrogens is 1. The summed E-state index contributed by atoms with van der Waals surface area (Å²) in [6.45, 7) is 5.26. The Labute approximate surface area is 185 Å². The van der Waals surface area contributed by atoms with E-state index in [0.717, 1.165) is 33.3 Å². The van der Waals surface area contributed by atoms with Crippen LogP contribution >= 0.6 is 22.9 Å². The predicted molar refractivity (Wildman–Crippen MR) is 119 cm³/mol. The van der Waals surface area contributed by atoms with Crippen LogP contribution in [0.15, 0.2) is 47.8 Å². The molecule has 3 aromatic rings. The van der Waals surface area contributed by atoms with Crippen LogP contribution in [0.5, 0.6) is 11.5 Å². The molecule has 7 heteroatoms. The van der Waals surface area contributed by atoms with E-state index in [1.54, 1.807) is 0 Å². The first-order chi connectivity index (χ1) is 14.5. The number of rotatable bonds is 6. The Bertz CT molecular complexity index is 1050. The molecule has 0 radical (unpaired) electrons. The van der Waals surface area contributed by atoms with Crippen LogP contribution in [-0.2, 0) is 11.2 Å². The molecule has 2 heterocycles. The molecule has 0 bridgehead atoms. The minimum atomic E-state index is -0.126. The molecule has 4 rings (SSSR count). The molecule has 1 amide bonds. The molecular weight excluding hydrogens is 420 g/mol. The lowest BCUT2D eigenvalue weighted by Gasteiger charge is -2.25. The van der Waals surface area contributed by atoms with Gasteiger partial charge in [-0.05, 0) is 35.7 Å². The van der Waals surface area contributed by atoms with Crippen molar-refractivity contribution in [3.63, 3.8) is 0 Å². The lowest BCUT2D eigenvalue weighted by molar-refractivity contribution is -0.121. The van der Waals surface area contributed by atoms with Gasteiger partial charge in [0, 0.05) is 16.0 Å². The molecule has 1 unspecified atom stereocenters. The molecular formula is C23H23ClN2O3S. The number of nitrogens with zero attached hydrogens (tertiary/aromatic N) is 1. The molecule has 0 aliphatic carbocycles. The molecule has 2 aromatic carbocycles. The first-order valence-corrected chi connectivity index (χ1v) is 11.1. The zero-order valence-corrected chi connectivity index (χ0v) is 18.4.